The molecule has 0 bridgehead atoms. The fourth-order valence-electron chi connectivity index (χ4n) is 8.14. The molecule has 3 heterocycles. The Kier molecular flexibility index (Phi) is 9.48. The van der Waals surface area contributed by atoms with Gasteiger partial charge in [0.25, 0.3) is 0 Å². The monoisotopic (exact) mass is 616 g/mol. The third-order valence-electron chi connectivity index (χ3n) is 10.4. The van der Waals surface area contributed by atoms with Gasteiger partial charge in [0, 0.05) is 39.3 Å². The van der Waals surface area contributed by atoms with Gasteiger partial charge in [-0.15, -0.1) is 0 Å². The summed E-state index contributed by atoms with van der Waals surface area (Å²) in [6.07, 6.45) is 10.1. The third kappa shape index (κ3) is 7.36. The summed E-state index contributed by atoms with van der Waals surface area (Å²) in [7, 11) is 0. The minimum absolute atomic E-state index is 0.138. The maximum absolute atomic E-state index is 12.7. The Balaban J connectivity index is 1.25. The highest BCUT2D eigenvalue weighted by Crippen LogP contribution is 2.39. The second-order valence-electron chi connectivity index (χ2n) is 14.7. The average Bonchev–Trinajstić information content (AvgIpc) is 3.03. The molecule has 2 N–H and O–H groups in total. The van der Waals surface area contributed by atoms with Gasteiger partial charge in [-0.1, -0.05) is 49.6 Å². The molecule has 0 spiro atoms. The molecule has 0 aromatic heterocycles. The van der Waals surface area contributed by atoms with Crippen LogP contribution in [0.2, 0.25) is 0 Å². The number of likely N-dealkylation sites (tertiary alicyclic amines) is 1. The summed E-state index contributed by atoms with van der Waals surface area (Å²) in [4.78, 5) is 31.5. The van der Waals surface area contributed by atoms with E-state index in [2.05, 4.69) is 46.6 Å². The van der Waals surface area contributed by atoms with E-state index in [0.29, 0.717) is 44.4 Å². The molecule has 1 unspecified atom stereocenters. The van der Waals surface area contributed by atoms with Crippen molar-refractivity contribution >= 4 is 23.6 Å². The normalized spacial score (nSPS) is 21.0. The first kappa shape index (κ1) is 31.6. The van der Waals surface area contributed by atoms with E-state index in [1.165, 1.54) is 60.2 Å². The molecule has 45 heavy (non-hydrogen) atoms. The van der Waals surface area contributed by atoms with Gasteiger partial charge in [0.2, 0.25) is 0 Å². The zero-order chi connectivity index (χ0) is 31.6. The van der Waals surface area contributed by atoms with Crippen molar-refractivity contribution in [2.75, 3.05) is 42.9 Å². The van der Waals surface area contributed by atoms with Gasteiger partial charge in [0.1, 0.15) is 5.60 Å². The maximum Gasteiger partial charge on any atom is 0.410 e. The number of nitrogens with one attached hydrogen (secondary N) is 1. The van der Waals surface area contributed by atoms with Gasteiger partial charge in [-0.3, -0.25) is 4.90 Å². The highest BCUT2D eigenvalue weighted by atomic mass is 16.6. The number of rotatable bonds is 6. The van der Waals surface area contributed by atoms with E-state index in [1.54, 1.807) is 4.90 Å². The van der Waals surface area contributed by atoms with E-state index in [1.807, 2.05) is 25.7 Å². The molecule has 6 rings (SSSR count). The number of nitrogens with zero attached hydrogens (tertiary/aromatic N) is 3. The van der Waals surface area contributed by atoms with Gasteiger partial charge in [0.15, 0.2) is 0 Å². The molecule has 2 aromatic carbocycles. The Hall–Kier alpha value is -3.42. The summed E-state index contributed by atoms with van der Waals surface area (Å²) in [6, 6.07) is 13.0. The van der Waals surface area contributed by atoms with E-state index in [9.17, 15) is 14.7 Å². The van der Waals surface area contributed by atoms with Gasteiger partial charge in [-0.05, 0) is 106 Å². The molecule has 1 saturated heterocycles. The summed E-state index contributed by atoms with van der Waals surface area (Å²) in [6.45, 7) is 10.1. The number of benzene rings is 2. The number of amides is 2. The van der Waals surface area contributed by atoms with Gasteiger partial charge in [-0.2, -0.15) is 0 Å². The predicted octanol–water partition coefficient (Wildman–Crippen LogP) is 7.65. The summed E-state index contributed by atoms with van der Waals surface area (Å²) >= 11 is 0. The summed E-state index contributed by atoms with van der Waals surface area (Å²) < 4.78 is 5.64. The average molecular weight is 617 g/mol. The Morgan fingerprint density at radius 1 is 0.956 bits per heavy atom. The van der Waals surface area contributed by atoms with Gasteiger partial charge >= 0.3 is 12.2 Å². The Morgan fingerprint density at radius 3 is 2.42 bits per heavy atom. The predicted molar refractivity (Wildman–Crippen MR) is 179 cm³/mol. The van der Waals surface area contributed by atoms with E-state index in [0.717, 1.165) is 44.3 Å². The van der Waals surface area contributed by atoms with Crippen LogP contribution in [0.4, 0.5) is 21.0 Å². The van der Waals surface area contributed by atoms with Crippen LogP contribution < -0.4 is 10.2 Å². The fourth-order valence-corrected chi connectivity index (χ4v) is 8.14. The number of para-hydroxylation sites is 1. The van der Waals surface area contributed by atoms with Gasteiger partial charge in [-0.25, -0.2) is 9.59 Å². The van der Waals surface area contributed by atoms with Crippen LogP contribution in [0.3, 0.4) is 0 Å². The lowest BCUT2D eigenvalue weighted by Crippen LogP contribution is -2.51. The third-order valence-corrected chi connectivity index (χ3v) is 10.4. The molecule has 0 radical (unpaired) electrons. The standard InChI is InChI=1S/C37H52N4O4/c1-37(2,3)45-36(44)39-20-17-27(18-21-39)31-15-7-13-29-24-41(35(42)43)30(22-32(29)31)25-40(23-26-10-5-4-6-11-26)33-16-8-12-28-14-9-19-38-34(28)33/h7-8,12-13,15-16,26-27,30,38H,4-6,9-11,14,17-25H2,1-3H3,(H,42,43). The van der Waals surface area contributed by atoms with Crippen LogP contribution in [-0.4, -0.2) is 71.5 Å². The number of piperidine rings is 1. The highest BCUT2D eigenvalue weighted by molar-refractivity contribution is 5.75. The molecule has 1 aliphatic carbocycles. The Morgan fingerprint density at radius 2 is 1.69 bits per heavy atom. The second-order valence-corrected chi connectivity index (χ2v) is 14.7. The molecule has 8 nitrogen and oxygen atoms in total. The number of carbonyl (C=O) groups excluding carboxylic acids is 1. The van der Waals surface area contributed by atoms with Crippen molar-refractivity contribution in [1.29, 1.82) is 0 Å². The van der Waals surface area contributed by atoms with Crippen molar-refractivity contribution in [2.24, 2.45) is 5.92 Å². The van der Waals surface area contributed by atoms with E-state index >= 15 is 0 Å². The van der Waals surface area contributed by atoms with Crippen LogP contribution in [0.5, 0.6) is 0 Å². The number of hydrogen-bond donors (Lipinski definition) is 2. The Labute approximate surface area is 269 Å². The largest absolute Gasteiger partial charge is 0.465 e. The first-order valence-electron chi connectivity index (χ1n) is 17.3. The van der Waals surface area contributed by atoms with Crippen molar-refractivity contribution in [3.05, 3.63) is 58.7 Å². The molecule has 2 amide bonds. The minimum Gasteiger partial charge on any atom is -0.465 e. The number of carboxylic acid groups (broad SMARTS) is 1. The van der Waals surface area contributed by atoms with Crippen molar-refractivity contribution < 1.29 is 19.4 Å². The van der Waals surface area contributed by atoms with Crippen molar-refractivity contribution in [2.45, 2.75) is 109 Å². The molecule has 1 saturated carbocycles. The molecule has 1 atom stereocenters. The lowest BCUT2D eigenvalue weighted by molar-refractivity contribution is 0.0204. The van der Waals surface area contributed by atoms with Crippen LogP contribution in [0.15, 0.2) is 36.4 Å². The first-order chi connectivity index (χ1) is 21.7. The maximum atomic E-state index is 12.7. The molecular formula is C37H52N4O4. The van der Waals surface area contributed by atoms with Crippen LogP contribution in [0.1, 0.15) is 100 Å². The first-order valence-corrected chi connectivity index (χ1v) is 17.3. The van der Waals surface area contributed by atoms with Crippen molar-refractivity contribution in [1.82, 2.24) is 9.80 Å². The lowest BCUT2D eigenvalue weighted by atomic mass is 9.81. The van der Waals surface area contributed by atoms with Crippen molar-refractivity contribution in [3.63, 3.8) is 0 Å². The zero-order valence-corrected chi connectivity index (χ0v) is 27.5. The summed E-state index contributed by atoms with van der Waals surface area (Å²) in [5.41, 5.74) is 7.13. The summed E-state index contributed by atoms with van der Waals surface area (Å²) in [5, 5.41) is 14.2. The van der Waals surface area contributed by atoms with Crippen LogP contribution >= 0.6 is 0 Å². The number of aryl methyl sites for hydroxylation is 1. The Bertz CT molecular complexity index is 1360. The zero-order valence-electron chi connectivity index (χ0n) is 27.5. The molecule has 244 valence electrons. The molecule has 8 heteroatoms. The van der Waals surface area contributed by atoms with Gasteiger partial charge < -0.3 is 25.0 Å². The molecule has 3 aliphatic heterocycles. The van der Waals surface area contributed by atoms with E-state index < -0.39 is 11.7 Å². The SMILES string of the molecule is CC(C)(C)OC(=O)N1CCC(c2cccc3c2CC(CN(CC2CCCCC2)c2cccc4c2NCCC4)N(C(=O)O)C3)CC1. The molecule has 4 aliphatic rings. The molecular weight excluding hydrogens is 564 g/mol. The number of carbonyl (C=O) groups is 2. The van der Waals surface area contributed by atoms with Gasteiger partial charge in [0.05, 0.1) is 17.4 Å². The smallest absolute Gasteiger partial charge is 0.410 e. The summed E-state index contributed by atoms with van der Waals surface area (Å²) in [5.74, 6) is 0.984. The van der Waals surface area contributed by atoms with E-state index in [-0.39, 0.29) is 12.1 Å². The highest BCUT2D eigenvalue weighted by Gasteiger charge is 2.36. The van der Waals surface area contributed by atoms with Crippen LogP contribution in [0, 0.1) is 5.92 Å². The minimum atomic E-state index is -0.840. The molecule has 2 aromatic rings. The van der Waals surface area contributed by atoms with Crippen molar-refractivity contribution in [3.8, 4) is 0 Å². The number of hydrogen-bond acceptors (Lipinski definition) is 5. The fraction of sp³-hybridized carbons (Fsp3) is 0.622. The second kappa shape index (κ2) is 13.5. The topological polar surface area (TPSA) is 85.4 Å². The number of anilines is 2. The molecule has 2 fully saturated rings. The lowest BCUT2D eigenvalue weighted by Gasteiger charge is -2.42. The quantitative estimate of drug-likeness (QED) is 0.347. The van der Waals surface area contributed by atoms with E-state index in [4.69, 9.17) is 4.74 Å². The van der Waals surface area contributed by atoms with Crippen LogP contribution in [0.25, 0.3) is 0 Å². The number of ether oxygens (including phenoxy) is 1. The number of fused-ring (bicyclic) bond motifs is 2. The van der Waals surface area contributed by atoms with Crippen LogP contribution in [-0.2, 0) is 24.1 Å².